The molecule has 0 spiro atoms. The van der Waals surface area contributed by atoms with E-state index >= 15 is 0 Å². The lowest BCUT2D eigenvalue weighted by atomic mass is 9.84. The molecule has 6 nitrogen and oxygen atoms in total. The highest BCUT2D eigenvalue weighted by molar-refractivity contribution is 6.07. The van der Waals surface area contributed by atoms with E-state index in [1.165, 1.54) is 49.8 Å². The molecule has 3 amide bonds. The van der Waals surface area contributed by atoms with Gasteiger partial charge in [-0.2, -0.15) is 0 Å². The summed E-state index contributed by atoms with van der Waals surface area (Å²) < 4.78 is 0. The third-order valence-corrected chi connectivity index (χ3v) is 7.73. The van der Waals surface area contributed by atoms with Gasteiger partial charge in [-0.05, 0) is 54.9 Å². The lowest BCUT2D eigenvalue weighted by molar-refractivity contribution is -0.127. The fourth-order valence-corrected chi connectivity index (χ4v) is 5.62. The Morgan fingerprint density at radius 2 is 1.57 bits per heavy atom. The van der Waals surface area contributed by atoms with Crippen molar-refractivity contribution in [2.75, 3.05) is 18.4 Å². The summed E-state index contributed by atoms with van der Waals surface area (Å²) in [6.07, 6.45) is 10.6. The Morgan fingerprint density at radius 3 is 2.31 bits per heavy atom. The zero-order valence-electron chi connectivity index (χ0n) is 20.1. The van der Waals surface area contributed by atoms with Gasteiger partial charge in [0.15, 0.2) is 5.78 Å². The number of ketones is 1. The van der Waals surface area contributed by atoms with Gasteiger partial charge in [-0.3, -0.25) is 9.59 Å². The number of hydrogen-bond acceptors (Lipinski definition) is 3. The van der Waals surface area contributed by atoms with Gasteiger partial charge in [0.1, 0.15) is 0 Å². The van der Waals surface area contributed by atoms with E-state index in [0.717, 1.165) is 24.1 Å². The van der Waals surface area contributed by atoms with Crippen LogP contribution in [0.2, 0.25) is 0 Å². The van der Waals surface area contributed by atoms with Crippen LogP contribution in [0.25, 0.3) is 0 Å². The van der Waals surface area contributed by atoms with Crippen LogP contribution in [0.3, 0.4) is 0 Å². The first-order valence-corrected chi connectivity index (χ1v) is 12.9. The SMILES string of the molecule is O=C(/C=C/C(=O)N1CCC(N2Cc3ccccc3NC2=O)CC1)c1ccc(C2CCCCC2)cc1. The molecule has 2 heterocycles. The Bertz CT molecular complexity index is 1110. The number of piperidine rings is 1. The van der Waals surface area contributed by atoms with Crippen LogP contribution in [0.5, 0.6) is 0 Å². The van der Waals surface area contributed by atoms with Crippen LogP contribution < -0.4 is 5.32 Å². The minimum absolute atomic E-state index is 0.0755. The number of para-hydroxylation sites is 1. The third-order valence-electron chi connectivity index (χ3n) is 7.73. The number of likely N-dealkylation sites (tertiary alicyclic amines) is 1. The van der Waals surface area contributed by atoms with Crippen LogP contribution in [-0.2, 0) is 11.3 Å². The van der Waals surface area contributed by atoms with Crippen LogP contribution in [0.15, 0.2) is 60.7 Å². The van der Waals surface area contributed by atoms with Crippen molar-refractivity contribution in [3.63, 3.8) is 0 Å². The molecular weight excluding hydrogens is 438 g/mol. The number of allylic oxidation sites excluding steroid dienone is 1. The van der Waals surface area contributed by atoms with Crippen LogP contribution in [0.4, 0.5) is 10.5 Å². The fraction of sp³-hybridized carbons (Fsp3) is 0.414. The predicted octanol–water partition coefficient (Wildman–Crippen LogP) is 5.51. The number of nitrogens with one attached hydrogen (secondary N) is 1. The molecule has 2 aromatic carbocycles. The second kappa shape index (κ2) is 10.5. The first-order valence-electron chi connectivity index (χ1n) is 12.9. The molecule has 1 saturated carbocycles. The average molecular weight is 472 g/mol. The number of hydrogen-bond donors (Lipinski definition) is 1. The summed E-state index contributed by atoms with van der Waals surface area (Å²) in [4.78, 5) is 41.5. The van der Waals surface area contributed by atoms with Crippen LogP contribution >= 0.6 is 0 Å². The van der Waals surface area contributed by atoms with E-state index in [1.807, 2.05) is 41.3 Å². The molecule has 2 aliphatic heterocycles. The molecule has 0 bridgehead atoms. The van der Waals surface area contributed by atoms with Gasteiger partial charge in [-0.1, -0.05) is 61.7 Å². The molecule has 0 aromatic heterocycles. The molecule has 182 valence electrons. The van der Waals surface area contributed by atoms with Crippen molar-refractivity contribution in [2.24, 2.45) is 0 Å². The van der Waals surface area contributed by atoms with Crippen LogP contribution in [0.1, 0.15) is 72.3 Å². The smallest absolute Gasteiger partial charge is 0.322 e. The highest BCUT2D eigenvalue weighted by Gasteiger charge is 2.32. The number of benzene rings is 2. The molecule has 35 heavy (non-hydrogen) atoms. The highest BCUT2D eigenvalue weighted by Crippen LogP contribution is 2.32. The first kappa shape index (κ1) is 23.3. The van der Waals surface area contributed by atoms with Gasteiger partial charge in [0.05, 0.1) is 0 Å². The Hall–Kier alpha value is -3.41. The van der Waals surface area contributed by atoms with Gasteiger partial charge in [0, 0.05) is 43.0 Å². The minimum atomic E-state index is -0.149. The first-order chi connectivity index (χ1) is 17.1. The van der Waals surface area contributed by atoms with Crippen molar-refractivity contribution in [1.82, 2.24) is 9.80 Å². The van der Waals surface area contributed by atoms with Gasteiger partial charge < -0.3 is 15.1 Å². The van der Waals surface area contributed by atoms with E-state index in [0.29, 0.717) is 31.1 Å². The summed E-state index contributed by atoms with van der Waals surface area (Å²) in [6, 6.07) is 15.8. The van der Waals surface area contributed by atoms with Gasteiger partial charge in [-0.15, -0.1) is 0 Å². The Labute approximate surface area is 207 Å². The fourth-order valence-electron chi connectivity index (χ4n) is 5.62. The molecule has 1 aliphatic carbocycles. The average Bonchev–Trinajstić information content (AvgIpc) is 2.92. The van der Waals surface area contributed by atoms with Gasteiger partial charge in [0.25, 0.3) is 0 Å². The second-order valence-electron chi connectivity index (χ2n) is 9.93. The number of rotatable bonds is 5. The molecule has 3 aliphatic rings. The molecule has 0 atom stereocenters. The van der Waals surface area contributed by atoms with Crippen molar-refractivity contribution in [1.29, 1.82) is 0 Å². The van der Waals surface area contributed by atoms with Crippen molar-refractivity contribution in [3.8, 4) is 0 Å². The number of urea groups is 1. The quantitative estimate of drug-likeness (QED) is 0.462. The number of fused-ring (bicyclic) bond motifs is 1. The number of nitrogens with zero attached hydrogens (tertiary/aromatic N) is 2. The number of amides is 3. The molecule has 1 saturated heterocycles. The Balaban J connectivity index is 1.12. The highest BCUT2D eigenvalue weighted by atomic mass is 16.2. The van der Waals surface area contributed by atoms with E-state index in [9.17, 15) is 14.4 Å². The van der Waals surface area contributed by atoms with Crippen molar-refractivity contribution in [2.45, 2.75) is 63.5 Å². The monoisotopic (exact) mass is 471 g/mol. The minimum Gasteiger partial charge on any atom is -0.339 e. The molecular formula is C29H33N3O3. The number of anilines is 1. The van der Waals surface area contributed by atoms with Gasteiger partial charge in [-0.25, -0.2) is 4.79 Å². The van der Waals surface area contributed by atoms with E-state index in [2.05, 4.69) is 17.4 Å². The van der Waals surface area contributed by atoms with Crippen molar-refractivity contribution >= 4 is 23.4 Å². The van der Waals surface area contributed by atoms with E-state index in [1.54, 1.807) is 4.90 Å². The summed E-state index contributed by atoms with van der Waals surface area (Å²) in [5.41, 5.74) is 3.91. The zero-order valence-corrected chi connectivity index (χ0v) is 20.1. The van der Waals surface area contributed by atoms with E-state index < -0.39 is 0 Å². The maximum absolute atomic E-state index is 12.7. The maximum Gasteiger partial charge on any atom is 0.322 e. The summed E-state index contributed by atoms with van der Waals surface area (Å²) >= 11 is 0. The summed E-state index contributed by atoms with van der Waals surface area (Å²) in [6.45, 7) is 1.74. The molecule has 6 heteroatoms. The standard InChI is InChI=1S/C29H33N3O3/c33-27(23-12-10-22(11-13-23)21-6-2-1-3-7-21)14-15-28(34)31-18-16-25(17-19-31)32-20-24-8-4-5-9-26(24)30-29(32)35/h4-5,8-15,21,25H,1-3,6-7,16-20H2,(H,30,35)/b15-14+. The molecule has 0 radical (unpaired) electrons. The lowest BCUT2D eigenvalue weighted by Crippen LogP contribution is -2.50. The molecule has 0 unspecified atom stereocenters. The third kappa shape index (κ3) is 5.31. The van der Waals surface area contributed by atoms with Gasteiger partial charge >= 0.3 is 6.03 Å². The topological polar surface area (TPSA) is 69.7 Å². The molecule has 2 fully saturated rings. The van der Waals surface area contributed by atoms with E-state index in [4.69, 9.17) is 0 Å². The van der Waals surface area contributed by atoms with Crippen LogP contribution in [-0.4, -0.2) is 46.7 Å². The second-order valence-corrected chi connectivity index (χ2v) is 9.93. The Morgan fingerprint density at radius 1 is 0.857 bits per heavy atom. The lowest BCUT2D eigenvalue weighted by Gasteiger charge is -2.40. The molecule has 2 aromatic rings. The van der Waals surface area contributed by atoms with Crippen molar-refractivity contribution < 1.29 is 14.4 Å². The Kier molecular flexibility index (Phi) is 6.98. The predicted molar refractivity (Wildman–Crippen MR) is 136 cm³/mol. The largest absolute Gasteiger partial charge is 0.339 e. The zero-order chi connectivity index (χ0) is 24.2. The number of carbonyl (C=O) groups is 3. The van der Waals surface area contributed by atoms with Crippen molar-refractivity contribution in [3.05, 3.63) is 77.4 Å². The van der Waals surface area contributed by atoms with E-state index in [-0.39, 0.29) is 23.8 Å². The summed E-state index contributed by atoms with van der Waals surface area (Å²) in [5, 5.41) is 2.97. The summed E-state index contributed by atoms with van der Waals surface area (Å²) in [5.74, 6) is 0.315. The van der Waals surface area contributed by atoms with Gasteiger partial charge in [0.2, 0.25) is 5.91 Å². The maximum atomic E-state index is 12.7. The normalized spacial score (nSPS) is 19.5. The summed E-state index contributed by atoms with van der Waals surface area (Å²) in [7, 11) is 0. The van der Waals surface area contributed by atoms with Crippen LogP contribution in [0, 0.1) is 0 Å². The molecule has 1 N–H and O–H groups in total. The number of carbonyl (C=O) groups excluding carboxylic acids is 3. The molecule has 5 rings (SSSR count).